The highest BCUT2D eigenvalue weighted by molar-refractivity contribution is 5.93. The molecule has 0 radical (unpaired) electrons. The van der Waals surface area contributed by atoms with Gasteiger partial charge in [0.2, 0.25) is 0 Å². The van der Waals surface area contributed by atoms with E-state index in [9.17, 15) is 14.0 Å². The minimum atomic E-state index is -0.715. The van der Waals surface area contributed by atoms with Gasteiger partial charge in [0.25, 0.3) is 5.56 Å². The van der Waals surface area contributed by atoms with E-state index in [2.05, 4.69) is 9.72 Å². The summed E-state index contributed by atoms with van der Waals surface area (Å²) in [7, 11) is 1.19. The second-order valence-corrected chi connectivity index (χ2v) is 3.24. The lowest BCUT2D eigenvalue weighted by atomic mass is 10.1. The first-order chi connectivity index (χ1) is 7.61. The van der Waals surface area contributed by atoms with E-state index in [4.69, 9.17) is 0 Å². The number of esters is 1. The number of carbonyl (C=O) groups excluding carboxylic acids is 1. The molecule has 2 rings (SSSR count). The monoisotopic (exact) mass is 221 g/mol. The van der Waals surface area contributed by atoms with Gasteiger partial charge in [-0.25, -0.2) is 9.18 Å². The first-order valence-electron chi connectivity index (χ1n) is 4.52. The second-order valence-electron chi connectivity index (χ2n) is 3.24. The van der Waals surface area contributed by atoms with Crippen LogP contribution in [0.2, 0.25) is 0 Å². The number of hydrogen-bond acceptors (Lipinski definition) is 3. The molecule has 0 saturated carbocycles. The molecule has 1 heterocycles. The van der Waals surface area contributed by atoms with E-state index in [0.717, 1.165) is 0 Å². The molecule has 0 aliphatic rings. The highest BCUT2D eigenvalue weighted by Crippen LogP contribution is 2.12. The molecule has 0 saturated heterocycles. The summed E-state index contributed by atoms with van der Waals surface area (Å²) < 4.78 is 17.3. The van der Waals surface area contributed by atoms with E-state index in [0.29, 0.717) is 10.9 Å². The minimum absolute atomic E-state index is 0.0957. The van der Waals surface area contributed by atoms with Crippen molar-refractivity contribution in [1.82, 2.24) is 4.98 Å². The number of aromatic amines is 1. The highest BCUT2D eigenvalue weighted by atomic mass is 19.1. The van der Waals surface area contributed by atoms with Crippen molar-refractivity contribution in [2.45, 2.75) is 0 Å². The normalized spacial score (nSPS) is 10.4. The van der Waals surface area contributed by atoms with Gasteiger partial charge in [-0.05, 0) is 29.7 Å². The maximum absolute atomic E-state index is 12.9. The van der Waals surface area contributed by atoms with Crippen LogP contribution in [0.1, 0.15) is 10.4 Å². The number of pyridine rings is 1. The van der Waals surface area contributed by atoms with Gasteiger partial charge < -0.3 is 9.72 Å². The van der Waals surface area contributed by atoms with Crippen molar-refractivity contribution in [3.8, 4) is 0 Å². The summed E-state index contributed by atoms with van der Waals surface area (Å²) in [6.07, 6.45) is 0. The number of rotatable bonds is 1. The lowest BCUT2D eigenvalue weighted by Gasteiger charge is -2.01. The summed E-state index contributed by atoms with van der Waals surface area (Å²) in [6, 6.07) is 5.30. The summed E-state index contributed by atoms with van der Waals surface area (Å²) in [5, 5.41) is 0.571. The largest absolute Gasteiger partial charge is 0.465 e. The van der Waals surface area contributed by atoms with Crippen molar-refractivity contribution in [3.05, 3.63) is 46.0 Å². The number of H-pyrrole nitrogens is 1. The Hall–Kier alpha value is -2.17. The molecular formula is C11H8FNO3. The first kappa shape index (κ1) is 10.4. The van der Waals surface area contributed by atoms with Gasteiger partial charge in [0.1, 0.15) is 11.4 Å². The van der Waals surface area contributed by atoms with Crippen LogP contribution >= 0.6 is 0 Å². The summed E-state index contributed by atoms with van der Waals surface area (Å²) in [5.74, 6) is -1.17. The van der Waals surface area contributed by atoms with Gasteiger partial charge in [-0.3, -0.25) is 4.79 Å². The third kappa shape index (κ3) is 1.67. The molecule has 0 aliphatic carbocycles. The van der Waals surface area contributed by atoms with Crippen LogP contribution in [0.4, 0.5) is 4.39 Å². The number of nitrogens with one attached hydrogen (secondary N) is 1. The molecule has 1 N–H and O–H groups in total. The van der Waals surface area contributed by atoms with Gasteiger partial charge in [0.15, 0.2) is 0 Å². The van der Waals surface area contributed by atoms with E-state index in [-0.39, 0.29) is 5.56 Å². The maximum Gasteiger partial charge on any atom is 0.343 e. The quantitative estimate of drug-likeness (QED) is 0.741. The van der Waals surface area contributed by atoms with Gasteiger partial charge in [-0.15, -0.1) is 0 Å². The average molecular weight is 221 g/mol. The van der Waals surface area contributed by atoms with Crippen molar-refractivity contribution in [1.29, 1.82) is 0 Å². The Morgan fingerprint density at radius 1 is 1.38 bits per heavy atom. The molecule has 16 heavy (non-hydrogen) atoms. The number of benzene rings is 1. The Bertz CT molecular complexity index is 618. The molecule has 0 fully saturated rings. The number of halogens is 1. The number of fused-ring (bicyclic) bond motifs is 1. The van der Waals surface area contributed by atoms with Gasteiger partial charge >= 0.3 is 5.97 Å². The van der Waals surface area contributed by atoms with Gasteiger partial charge in [0.05, 0.1) is 12.6 Å². The SMILES string of the molecule is COC(=O)c1cc2ccc(F)cc2[nH]c1=O. The summed E-state index contributed by atoms with van der Waals surface area (Å²) in [6.45, 7) is 0. The fourth-order valence-electron chi connectivity index (χ4n) is 1.43. The predicted molar refractivity (Wildman–Crippen MR) is 55.9 cm³/mol. The zero-order valence-corrected chi connectivity index (χ0v) is 8.41. The third-order valence-electron chi connectivity index (χ3n) is 2.21. The molecule has 4 nitrogen and oxygen atoms in total. The standard InChI is InChI=1S/C11H8FNO3/c1-16-11(15)8-4-6-2-3-7(12)5-9(6)13-10(8)14/h2-5H,1H3,(H,13,14). The minimum Gasteiger partial charge on any atom is -0.465 e. The van der Waals surface area contributed by atoms with E-state index >= 15 is 0 Å². The van der Waals surface area contributed by atoms with E-state index < -0.39 is 17.3 Å². The molecule has 0 bridgehead atoms. The molecule has 2 aromatic rings. The molecule has 1 aromatic heterocycles. The molecule has 1 aromatic carbocycles. The first-order valence-corrected chi connectivity index (χ1v) is 4.52. The number of ether oxygens (including phenoxy) is 1. The zero-order chi connectivity index (χ0) is 11.7. The molecule has 0 unspecified atom stereocenters. The fraction of sp³-hybridized carbons (Fsp3) is 0.0909. The van der Waals surface area contributed by atoms with Gasteiger partial charge in [0, 0.05) is 0 Å². The molecule has 0 amide bonds. The van der Waals surface area contributed by atoms with Crippen LogP contribution in [0, 0.1) is 5.82 Å². The van der Waals surface area contributed by atoms with Crippen LogP contribution in [0.15, 0.2) is 29.1 Å². The van der Waals surface area contributed by atoms with Crippen LogP contribution in [-0.2, 0) is 4.74 Å². The Labute approximate surface area is 89.7 Å². The van der Waals surface area contributed by atoms with Gasteiger partial charge in [-0.2, -0.15) is 0 Å². The van der Waals surface area contributed by atoms with E-state index in [1.54, 1.807) is 0 Å². The Balaban J connectivity index is 2.72. The summed E-state index contributed by atoms with van der Waals surface area (Å²) in [5.41, 5.74) is -0.343. The topological polar surface area (TPSA) is 59.2 Å². The Kier molecular flexibility index (Phi) is 2.44. The third-order valence-corrected chi connectivity index (χ3v) is 2.21. The van der Waals surface area contributed by atoms with Crippen molar-refractivity contribution in [3.63, 3.8) is 0 Å². The Morgan fingerprint density at radius 2 is 2.12 bits per heavy atom. The van der Waals surface area contributed by atoms with Crippen LogP contribution in [0.3, 0.4) is 0 Å². The van der Waals surface area contributed by atoms with Crippen molar-refractivity contribution in [2.75, 3.05) is 7.11 Å². The summed E-state index contributed by atoms with van der Waals surface area (Å²) in [4.78, 5) is 25.1. The molecule has 0 spiro atoms. The summed E-state index contributed by atoms with van der Waals surface area (Å²) >= 11 is 0. The molecular weight excluding hydrogens is 213 g/mol. The number of aromatic nitrogens is 1. The fourth-order valence-corrected chi connectivity index (χ4v) is 1.43. The molecule has 0 aliphatic heterocycles. The predicted octanol–water partition coefficient (Wildman–Crippen LogP) is 1.45. The van der Waals surface area contributed by atoms with Crippen LogP contribution in [-0.4, -0.2) is 18.1 Å². The maximum atomic E-state index is 12.9. The lowest BCUT2D eigenvalue weighted by Crippen LogP contribution is -2.18. The number of methoxy groups -OCH3 is 1. The van der Waals surface area contributed by atoms with Crippen LogP contribution in [0.25, 0.3) is 10.9 Å². The van der Waals surface area contributed by atoms with E-state index in [1.165, 1.54) is 31.4 Å². The number of carbonyl (C=O) groups is 1. The smallest absolute Gasteiger partial charge is 0.343 e. The van der Waals surface area contributed by atoms with Crippen LogP contribution < -0.4 is 5.56 Å². The van der Waals surface area contributed by atoms with Crippen molar-refractivity contribution in [2.24, 2.45) is 0 Å². The van der Waals surface area contributed by atoms with Gasteiger partial charge in [-0.1, -0.05) is 0 Å². The number of hydrogen-bond donors (Lipinski definition) is 1. The van der Waals surface area contributed by atoms with E-state index in [1.807, 2.05) is 0 Å². The second kappa shape index (κ2) is 3.77. The highest BCUT2D eigenvalue weighted by Gasteiger charge is 2.11. The lowest BCUT2D eigenvalue weighted by molar-refractivity contribution is 0.0599. The molecule has 0 atom stereocenters. The zero-order valence-electron chi connectivity index (χ0n) is 8.41. The molecule has 5 heteroatoms. The average Bonchev–Trinajstić information content (AvgIpc) is 2.27. The Morgan fingerprint density at radius 3 is 2.81 bits per heavy atom. The van der Waals surface area contributed by atoms with Crippen molar-refractivity contribution < 1.29 is 13.9 Å². The van der Waals surface area contributed by atoms with Crippen molar-refractivity contribution >= 4 is 16.9 Å². The molecule has 82 valence electrons. The van der Waals surface area contributed by atoms with Crippen LogP contribution in [0.5, 0.6) is 0 Å².